The number of urea groups is 1. The van der Waals surface area contributed by atoms with Gasteiger partial charge in [-0.1, -0.05) is 23.7 Å². The molecule has 4 nitrogen and oxygen atoms in total. The summed E-state index contributed by atoms with van der Waals surface area (Å²) in [6.45, 7) is 2.20. The lowest BCUT2D eigenvalue weighted by Crippen LogP contribution is -2.32. The average molecular weight is 267 g/mol. The van der Waals surface area contributed by atoms with Crippen molar-refractivity contribution in [2.45, 2.75) is 13.0 Å². The zero-order valence-electron chi connectivity index (χ0n) is 10.4. The topological polar surface area (TPSA) is 40.6 Å². The minimum absolute atomic E-state index is 0.00601. The maximum atomic E-state index is 12.0. The Hall–Kier alpha value is -1.55. The van der Waals surface area contributed by atoms with Gasteiger partial charge < -0.3 is 9.80 Å². The van der Waals surface area contributed by atoms with Crippen molar-refractivity contribution in [3.63, 3.8) is 0 Å². The number of hydrogen-bond donors (Lipinski definition) is 0. The summed E-state index contributed by atoms with van der Waals surface area (Å²) in [7, 11) is 1.75. The highest BCUT2D eigenvalue weighted by Crippen LogP contribution is 2.28. The Morgan fingerprint density at radius 2 is 2.00 bits per heavy atom. The van der Waals surface area contributed by atoms with Crippen LogP contribution in [-0.2, 0) is 4.79 Å². The van der Waals surface area contributed by atoms with Crippen molar-refractivity contribution < 1.29 is 9.59 Å². The first-order chi connectivity index (χ1) is 8.49. The van der Waals surface area contributed by atoms with Crippen molar-refractivity contribution in [2.75, 3.05) is 20.1 Å². The lowest BCUT2D eigenvalue weighted by atomic mass is 10.1. The Balaban J connectivity index is 2.18. The quantitative estimate of drug-likeness (QED) is 0.843. The number of amides is 2. The Labute approximate surface area is 111 Å². The Kier molecular flexibility index (Phi) is 3.57. The van der Waals surface area contributed by atoms with Gasteiger partial charge >= 0.3 is 6.03 Å². The maximum absolute atomic E-state index is 12.0. The van der Waals surface area contributed by atoms with Gasteiger partial charge in [0.1, 0.15) is 5.78 Å². The van der Waals surface area contributed by atoms with Crippen molar-refractivity contribution in [3.05, 3.63) is 34.9 Å². The van der Waals surface area contributed by atoms with E-state index in [4.69, 9.17) is 11.6 Å². The number of benzene rings is 1. The van der Waals surface area contributed by atoms with Crippen LogP contribution in [0.15, 0.2) is 24.3 Å². The summed E-state index contributed by atoms with van der Waals surface area (Å²) in [5.74, 6) is -0.00601. The van der Waals surface area contributed by atoms with E-state index in [1.54, 1.807) is 16.8 Å². The molecular weight excluding hydrogens is 252 g/mol. The first-order valence-corrected chi connectivity index (χ1v) is 6.13. The number of Topliss-reactive ketones (excluding diaryl/α,β-unsaturated/α-hetero) is 1. The smallest absolute Gasteiger partial charge is 0.319 e. The average Bonchev–Trinajstić information content (AvgIpc) is 2.58. The van der Waals surface area contributed by atoms with Crippen LogP contribution in [0.3, 0.4) is 0 Å². The molecule has 1 aromatic rings. The van der Waals surface area contributed by atoms with E-state index >= 15 is 0 Å². The number of nitrogens with zero attached hydrogens (tertiary/aromatic N) is 2. The van der Waals surface area contributed by atoms with Gasteiger partial charge in [-0.3, -0.25) is 4.79 Å². The molecule has 0 radical (unpaired) electrons. The number of likely N-dealkylation sites (N-methyl/N-ethyl adjacent to an activating group) is 1. The van der Waals surface area contributed by atoms with Crippen LogP contribution in [0.5, 0.6) is 0 Å². The van der Waals surface area contributed by atoms with Crippen LogP contribution in [-0.4, -0.2) is 41.8 Å². The normalized spacial score (nSPS) is 19.5. The first kappa shape index (κ1) is 12.9. The minimum atomic E-state index is -0.106. The largest absolute Gasteiger partial charge is 0.320 e. The minimum Gasteiger partial charge on any atom is -0.319 e. The third kappa shape index (κ3) is 2.48. The van der Waals surface area contributed by atoms with Crippen molar-refractivity contribution >= 4 is 23.4 Å². The van der Waals surface area contributed by atoms with Gasteiger partial charge in [-0.15, -0.1) is 0 Å². The molecule has 2 rings (SSSR count). The third-order valence-corrected chi connectivity index (χ3v) is 3.35. The van der Waals surface area contributed by atoms with Gasteiger partial charge in [0.15, 0.2) is 0 Å². The van der Waals surface area contributed by atoms with Gasteiger partial charge in [-0.2, -0.15) is 0 Å². The molecule has 1 unspecified atom stereocenters. The zero-order chi connectivity index (χ0) is 13.3. The van der Waals surface area contributed by atoms with Crippen molar-refractivity contribution in [3.8, 4) is 0 Å². The molecule has 1 atom stereocenters. The summed E-state index contributed by atoms with van der Waals surface area (Å²) in [6.07, 6.45) is 0. The molecule has 2 amide bonds. The Morgan fingerprint density at radius 1 is 1.39 bits per heavy atom. The van der Waals surface area contributed by atoms with Crippen LogP contribution < -0.4 is 0 Å². The fourth-order valence-electron chi connectivity index (χ4n) is 2.18. The van der Waals surface area contributed by atoms with Crippen LogP contribution in [0, 0.1) is 0 Å². The monoisotopic (exact) mass is 266 g/mol. The number of rotatable bonds is 3. The lowest BCUT2D eigenvalue weighted by Gasteiger charge is -2.17. The molecule has 0 aromatic heterocycles. The van der Waals surface area contributed by atoms with Gasteiger partial charge in [0.25, 0.3) is 0 Å². The van der Waals surface area contributed by atoms with E-state index in [1.807, 2.05) is 24.3 Å². The highest BCUT2D eigenvalue weighted by molar-refractivity contribution is 6.30. The summed E-state index contributed by atoms with van der Waals surface area (Å²) in [5.41, 5.74) is 1.03. The third-order valence-electron chi connectivity index (χ3n) is 3.10. The van der Waals surface area contributed by atoms with Gasteiger partial charge in [-0.25, -0.2) is 4.79 Å². The number of halogens is 1. The predicted molar refractivity (Wildman–Crippen MR) is 69.6 cm³/mol. The van der Waals surface area contributed by atoms with E-state index in [1.165, 1.54) is 6.92 Å². The van der Waals surface area contributed by atoms with E-state index in [0.29, 0.717) is 11.6 Å². The van der Waals surface area contributed by atoms with E-state index < -0.39 is 0 Å². The molecule has 1 aliphatic heterocycles. The fraction of sp³-hybridized carbons (Fsp3) is 0.385. The summed E-state index contributed by atoms with van der Waals surface area (Å²) in [6, 6.07) is 7.31. The van der Waals surface area contributed by atoms with Gasteiger partial charge in [0.2, 0.25) is 0 Å². The van der Waals surface area contributed by atoms with Crippen molar-refractivity contribution in [1.82, 2.24) is 9.80 Å². The molecule has 1 heterocycles. The molecule has 1 aliphatic rings. The maximum Gasteiger partial charge on any atom is 0.320 e. The van der Waals surface area contributed by atoms with Crippen molar-refractivity contribution in [1.29, 1.82) is 0 Å². The highest BCUT2D eigenvalue weighted by Gasteiger charge is 2.35. The molecule has 0 bridgehead atoms. The molecule has 1 saturated heterocycles. The van der Waals surface area contributed by atoms with Crippen LogP contribution in [0.4, 0.5) is 4.79 Å². The summed E-state index contributed by atoms with van der Waals surface area (Å²) in [5, 5.41) is 0.673. The van der Waals surface area contributed by atoms with E-state index in [9.17, 15) is 9.59 Å². The van der Waals surface area contributed by atoms with Crippen LogP contribution in [0.2, 0.25) is 5.02 Å². The zero-order valence-corrected chi connectivity index (χ0v) is 11.1. The van der Waals surface area contributed by atoms with E-state index in [2.05, 4.69) is 0 Å². The van der Waals surface area contributed by atoms with Gasteiger partial charge in [-0.05, 0) is 24.6 Å². The number of hydrogen-bond acceptors (Lipinski definition) is 2. The van der Waals surface area contributed by atoms with E-state index in [-0.39, 0.29) is 24.4 Å². The van der Waals surface area contributed by atoms with Gasteiger partial charge in [0.05, 0.1) is 12.6 Å². The predicted octanol–water partition coefficient (Wildman–Crippen LogP) is 2.34. The molecule has 0 N–H and O–H groups in total. The molecule has 18 heavy (non-hydrogen) atoms. The van der Waals surface area contributed by atoms with Crippen LogP contribution in [0.25, 0.3) is 0 Å². The summed E-state index contributed by atoms with van der Waals surface area (Å²) >= 11 is 5.85. The van der Waals surface area contributed by atoms with Crippen molar-refractivity contribution in [2.24, 2.45) is 0 Å². The number of ketones is 1. The summed E-state index contributed by atoms with van der Waals surface area (Å²) in [4.78, 5) is 26.3. The number of carbonyl (C=O) groups is 2. The van der Waals surface area contributed by atoms with Crippen LogP contribution >= 0.6 is 11.6 Å². The van der Waals surface area contributed by atoms with Gasteiger partial charge in [0, 0.05) is 18.6 Å². The molecule has 0 spiro atoms. The molecule has 1 aromatic carbocycles. The second-order valence-electron chi connectivity index (χ2n) is 4.54. The molecule has 1 fully saturated rings. The standard InChI is InChI=1S/C13H15ClN2O2/c1-9(17)7-16-8-12(15(2)13(16)18)10-3-5-11(14)6-4-10/h3-6,12H,7-8H2,1-2H3. The molecule has 96 valence electrons. The van der Waals surface area contributed by atoms with E-state index in [0.717, 1.165) is 5.56 Å². The van der Waals surface area contributed by atoms with Crippen LogP contribution in [0.1, 0.15) is 18.5 Å². The molecule has 0 aliphatic carbocycles. The number of carbonyl (C=O) groups excluding carboxylic acids is 2. The second kappa shape index (κ2) is 4.98. The Morgan fingerprint density at radius 3 is 2.56 bits per heavy atom. The molecule has 0 saturated carbocycles. The second-order valence-corrected chi connectivity index (χ2v) is 4.98. The fourth-order valence-corrected chi connectivity index (χ4v) is 2.31. The Bertz CT molecular complexity index is 472. The lowest BCUT2D eigenvalue weighted by molar-refractivity contribution is -0.117. The molecule has 5 heteroatoms. The highest BCUT2D eigenvalue weighted by atomic mass is 35.5. The first-order valence-electron chi connectivity index (χ1n) is 5.75. The molecular formula is C13H15ClN2O2. The SMILES string of the molecule is CC(=O)CN1CC(c2ccc(Cl)cc2)N(C)C1=O. The summed E-state index contributed by atoms with van der Waals surface area (Å²) < 4.78 is 0.